The van der Waals surface area contributed by atoms with Gasteiger partial charge in [-0.15, -0.1) is 0 Å². The van der Waals surface area contributed by atoms with Gasteiger partial charge in [0.2, 0.25) is 0 Å². The third kappa shape index (κ3) is 1.36. The molecule has 10 heavy (non-hydrogen) atoms. The highest BCUT2D eigenvalue weighted by Gasteiger charge is 2.04. The number of hydrogen-bond donors (Lipinski definition) is 1. The number of rotatable bonds is 2. The first-order chi connectivity index (χ1) is 4.74. The molecule has 0 radical (unpaired) electrons. The summed E-state index contributed by atoms with van der Waals surface area (Å²) in [5.74, 6) is 1.52. The Morgan fingerprint density at radius 3 is 2.80 bits per heavy atom. The van der Waals surface area contributed by atoms with E-state index in [2.05, 4.69) is 4.98 Å². The summed E-state index contributed by atoms with van der Waals surface area (Å²) < 4.78 is 5.26. The Morgan fingerprint density at radius 2 is 2.50 bits per heavy atom. The van der Waals surface area contributed by atoms with Gasteiger partial charge in [-0.05, 0) is 6.92 Å². The first-order valence-electron chi connectivity index (χ1n) is 3.44. The minimum absolute atomic E-state index is 0.0483. The van der Waals surface area contributed by atoms with E-state index in [9.17, 15) is 0 Å². The van der Waals surface area contributed by atoms with Crippen molar-refractivity contribution in [2.24, 2.45) is 5.73 Å². The Hall–Kier alpha value is -0.830. The van der Waals surface area contributed by atoms with Crippen LogP contribution in [0.1, 0.15) is 31.5 Å². The maximum absolute atomic E-state index is 5.55. The molecule has 0 aliphatic rings. The van der Waals surface area contributed by atoms with Gasteiger partial charge in [0.1, 0.15) is 5.76 Å². The highest BCUT2D eigenvalue weighted by atomic mass is 16.4. The van der Waals surface area contributed by atoms with Gasteiger partial charge in [0, 0.05) is 6.42 Å². The molecule has 0 saturated carbocycles. The van der Waals surface area contributed by atoms with Crippen LogP contribution in [0, 0.1) is 0 Å². The fraction of sp³-hybridized carbons (Fsp3) is 0.571. The SMILES string of the molecule is CCc1ncc(C(C)N)o1. The maximum Gasteiger partial charge on any atom is 0.194 e. The van der Waals surface area contributed by atoms with Crippen LogP contribution in [-0.4, -0.2) is 4.98 Å². The van der Waals surface area contributed by atoms with E-state index < -0.39 is 0 Å². The molecule has 0 aliphatic carbocycles. The molecule has 1 heterocycles. The molecule has 2 N–H and O–H groups in total. The van der Waals surface area contributed by atoms with Crippen LogP contribution >= 0.6 is 0 Å². The highest BCUT2D eigenvalue weighted by Crippen LogP contribution is 2.10. The molecule has 3 heteroatoms. The van der Waals surface area contributed by atoms with Crippen LogP contribution in [0.3, 0.4) is 0 Å². The van der Waals surface area contributed by atoms with Gasteiger partial charge in [0.15, 0.2) is 5.89 Å². The minimum Gasteiger partial charge on any atom is -0.444 e. The topological polar surface area (TPSA) is 52.0 Å². The minimum atomic E-state index is -0.0483. The second-order valence-electron chi connectivity index (χ2n) is 2.30. The zero-order valence-corrected chi connectivity index (χ0v) is 6.29. The lowest BCUT2D eigenvalue weighted by Crippen LogP contribution is -2.02. The fourth-order valence-corrected chi connectivity index (χ4v) is 0.698. The Balaban J connectivity index is 2.78. The normalized spacial score (nSPS) is 13.5. The molecule has 0 aliphatic heterocycles. The van der Waals surface area contributed by atoms with Gasteiger partial charge in [0.05, 0.1) is 12.2 Å². The zero-order chi connectivity index (χ0) is 7.56. The summed E-state index contributed by atoms with van der Waals surface area (Å²) in [6.45, 7) is 3.87. The number of aromatic nitrogens is 1. The number of hydrogen-bond acceptors (Lipinski definition) is 3. The van der Waals surface area contributed by atoms with Crippen LogP contribution in [-0.2, 0) is 6.42 Å². The molecule has 1 rings (SSSR count). The summed E-state index contributed by atoms with van der Waals surface area (Å²) >= 11 is 0. The Morgan fingerprint density at radius 1 is 1.80 bits per heavy atom. The van der Waals surface area contributed by atoms with Crippen molar-refractivity contribution < 1.29 is 4.42 Å². The van der Waals surface area contributed by atoms with E-state index in [4.69, 9.17) is 10.2 Å². The van der Waals surface area contributed by atoms with Gasteiger partial charge < -0.3 is 10.2 Å². The summed E-state index contributed by atoms with van der Waals surface area (Å²) in [6.07, 6.45) is 2.51. The number of oxazole rings is 1. The van der Waals surface area contributed by atoms with E-state index in [1.807, 2.05) is 13.8 Å². The fourth-order valence-electron chi connectivity index (χ4n) is 0.698. The Labute approximate surface area is 60.2 Å². The van der Waals surface area contributed by atoms with Crippen molar-refractivity contribution in [2.75, 3.05) is 0 Å². The van der Waals surface area contributed by atoms with Crippen LogP contribution in [0.4, 0.5) is 0 Å². The van der Waals surface area contributed by atoms with Gasteiger partial charge >= 0.3 is 0 Å². The molecular formula is C7H12N2O. The molecule has 0 fully saturated rings. The molecule has 0 bridgehead atoms. The second kappa shape index (κ2) is 2.84. The number of nitrogens with two attached hydrogens (primary N) is 1. The van der Waals surface area contributed by atoms with Gasteiger partial charge in [-0.3, -0.25) is 0 Å². The average molecular weight is 140 g/mol. The summed E-state index contributed by atoms with van der Waals surface area (Å²) in [5, 5.41) is 0. The molecule has 1 aromatic rings. The summed E-state index contributed by atoms with van der Waals surface area (Å²) in [6, 6.07) is -0.0483. The van der Waals surface area contributed by atoms with Crippen molar-refractivity contribution >= 4 is 0 Å². The highest BCUT2D eigenvalue weighted by molar-refractivity contribution is 4.97. The maximum atomic E-state index is 5.55. The molecular weight excluding hydrogens is 128 g/mol. The van der Waals surface area contributed by atoms with Crippen molar-refractivity contribution in [1.29, 1.82) is 0 Å². The molecule has 56 valence electrons. The quantitative estimate of drug-likeness (QED) is 0.672. The van der Waals surface area contributed by atoms with Crippen molar-refractivity contribution in [1.82, 2.24) is 4.98 Å². The molecule has 0 saturated heterocycles. The molecule has 1 aromatic heterocycles. The molecule has 0 spiro atoms. The zero-order valence-electron chi connectivity index (χ0n) is 6.29. The molecule has 1 unspecified atom stereocenters. The van der Waals surface area contributed by atoms with Gasteiger partial charge in [-0.25, -0.2) is 4.98 Å². The monoisotopic (exact) mass is 140 g/mol. The van der Waals surface area contributed by atoms with E-state index in [0.717, 1.165) is 18.1 Å². The lowest BCUT2D eigenvalue weighted by molar-refractivity contribution is 0.438. The number of nitrogens with zero attached hydrogens (tertiary/aromatic N) is 1. The predicted octanol–water partition coefficient (Wildman–Crippen LogP) is 1.26. The van der Waals surface area contributed by atoms with E-state index in [1.54, 1.807) is 6.20 Å². The molecule has 0 amide bonds. The second-order valence-corrected chi connectivity index (χ2v) is 2.30. The lowest BCUT2D eigenvalue weighted by atomic mass is 10.3. The molecule has 1 atom stereocenters. The van der Waals surface area contributed by atoms with Crippen molar-refractivity contribution in [3.8, 4) is 0 Å². The Bertz CT molecular complexity index is 205. The first-order valence-corrected chi connectivity index (χ1v) is 3.44. The van der Waals surface area contributed by atoms with Crippen molar-refractivity contribution in [3.05, 3.63) is 17.8 Å². The number of aryl methyl sites for hydroxylation is 1. The van der Waals surface area contributed by atoms with Crippen molar-refractivity contribution in [2.45, 2.75) is 26.3 Å². The third-order valence-corrected chi connectivity index (χ3v) is 1.32. The smallest absolute Gasteiger partial charge is 0.194 e. The predicted molar refractivity (Wildman–Crippen MR) is 38.5 cm³/mol. The average Bonchev–Trinajstić information content (AvgIpc) is 2.34. The van der Waals surface area contributed by atoms with Crippen LogP contribution in [0.25, 0.3) is 0 Å². The molecule has 0 aromatic carbocycles. The summed E-state index contributed by atoms with van der Waals surface area (Å²) in [7, 11) is 0. The van der Waals surface area contributed by atoms with Gasteiger partial charge in [-0.1, -0.05) is 6.92 Å². The van der Waals surface area contributed by atoms with Gasteiger partial charge in [0.25, 0.3) is 0 Å². The molecule has 3 nitrogen and oxygen atoms in total. The summed E-state index contributed by atoms with van der Waals surface area (Å²) in [4.78, 5) is 4.01. The van der Waals surface area contributed by atoms with E-state index in [1.165, 1.54) is 0 Å². The van der Waals surface area contributed by atoms with Crippen LogP contribution < -0.4 is 5.73 Å². The van der Waals surface area contributed by atoms with Gasteiger partial charge in [-0.2, -0.15) is 0 Å². The largest absolute Gasteiger partial charge is 0.444 e. The van der Waals surface area contributed by atoms with E-state index >= 15 is 0 Å². The van der Waals surface area contributed by atoms with Crippen LogP contribution in [0.5, 0.6) is 0 Å². The standard InChI is InChI=1S/C7H12N2O/c1-3-7-9-4-6(10-7)5(2)8/h4-5H,3,8H2,1-2H3. The van der Waals surface area contributed by atoms with E-state index in [0.29, 0.717) is 0 Å². The third-order valence-electron chi connectivity index (χ3n) is 1.32. The first kappa shape index (κ1) is 7.28. The van der Waals surface area contributed by atoms with Crippen LogP contribution in [0.2, 0.25) is 0 Å². The lowest BCUT2D eigenvalue weighted by Gasteiger charge is -1.95. The summed E-state index contributed by atoms with van der Waals surface area (Å²) in [5.41, 5.74) is 5.55. The Kier molecular flexibility index (Phi) is 2.06. The van der Waals surface area contributed by atoms with E-state index in [-0.39, 0.29) is 6.04 Å². The van der Waals surface area contributed by atoms with Crippen molar-refractivity contribution in [3.63, 3.8) is 0 Å². The van der Waals surface area contributed by atoms with Crippen LogP contribution in [0.15, 0.2) is 10.6 Å².